The van der Waals surface area contributed by atoms with Crippen molar-refractivity contribution in [3.05, 3.63) is 116 Å². The molecule has 262 valence electrons. The highest BCUT2D eigenvalue weighted by Crippen LogP contribution is 2.64. The number of benzene rings is 3. The predicted octanol–water partition coefficient (Wildman–Crippen LogP) is 5.77. The molecule has 2 bridgehead atoms. The van der Waals surface area contributed by atoms with Crippen LogP contribution in [0.2, 0.25) is 0 Å². The number of aliphatic hydroxyl groups excluding tert-OH is 1. The van der Waals surface area contributed by atoms with Crippen LogP contribution >= 0.6 is 0 Å². The summed E-state index contributed by atoms with van der Waals surface area (Å²) in [6.45, 7) is 15.7. The molecule has 3 saturated heterocycles. The molecule has 50 heavy (non-hydrogen) atoms. The fourth-order valence-corrected chi connectivity index (χ4v) is 8.64. The fourth-order valence-electron chi connectivity index (χ4n) is 8.64. The van der Waals surface area contributed by atoms with E-state index in [0.717, 1.165) is 18.8 Å². The minimum atomic E-state index is -1.29. The van der Waals surface area contributed by atoms with E-state index in [0.29, 0.717) is 29.8 Å². The first-order valence-electron chi connectivity index (χ1n) is 17.6. The first-order chi connectivity index (χ1) is 24.2. The van der Waals surface area contributed by atoms with Crippen LogP contribution in [0.25, 0.3) is 0 Å². The van der Waals surface area contributed by atoms with E-state index < -0.39 is 41.7 Å². The standard InChI is InChI=1S/C41H48N4O5/c1-6-26-43(31-18-14-11-15-19-31)37(47)34-35-38(48)45(33(28-46)29-16-12-10-13-17-29)36(41(35)25-24-40(34,5)50-41)39(49)44(27-7-2)32-22-20-30(21-23-32)42(8-3)9-4/h6-7,10-23,33-36,46H,1-2,8-9,24-28H2,3-5H3/t33-,34+,35+,36?,40-,41?/m1/s1. The highest BCUT2D eigenvalue weighted by atomic mass is 16.5. The van der Waals surface area contributed by atoms with Crippen LogP contribution in [-0.4, -0.2) is 77.8 Å². The SMILES string of the molecule is C=CCN(C(=O)C1N([C@H](CO)c2ccccc2)C(=O)[C@@H]2[C@@H](C(=O)N(CC=C)c3ccccc3)[C@@]3(C)CCC12O3)c1ccc(N(CC)CC)cc1. The number of aliphatic hydroxyl groups is 1. The topological polar surface area (TPSA) is 93.6 Å². The number of para-hydroxylation sites is 1. The average Bonchev–Trinajstić information content (AvgIpc) is 3.71. The van der Waals surface area contributed by atoms with Gasteiger partial charge < -0.3 is 29.4 Å². The molecule has 9 nitrogen and oxygen atoms in total. The second-order valence-corrected chi connectivity index (χ2v) is 13.6. The zero-order valence-electron chi connectivity index (χ0n) is 29.3. The summed E-state index contributed by atoms with van der Waals surface area (Å²) in [4.78, 5) is 52.1. The highest BCUT2D eigenvalue weighted by molar-refractivity contribution is 6.07. The van der Waals surface area contributed by atoms with Crippen molar-refractivity contribution in [1.82, 2.24) is 4.90 Å². The molecule has 3 fully saturated rings. The van der Waals surface area contributed by atoms with Crippen molar-refractivity contribution in [3.63, 3.8) is 0 Å². The first-order valence-corrected chi connectivity index (χ1v) is 17.6. The third-order valence-corrected chi connectivity index (χ3v) is 10.9. The lowest BCUT2D eigenvalue weighted by Gasteiger charge is -2.39. The van der Waals surface area contributed by atoms with Crippen molar-refractivity contribution in [1.29, 1.82) is 0 Å². The van der Waals surface area contributed by atoms with Gasteiger partial charge in [0, 0.05) is 43.2 Å². The van der Waals surface area contributed by atoms with E-state index in [9.17, 15) is 9.90 Å². The van der Waals surface area contributed by atoms with Crippen molar-refractivity contribution in [3.8, 4) is 0 Å². The maximum Gasteiger partial charge on any atom is 0.253 e. The highest BCUT2D eigenvalue weighted by Gasteiger charge is 2.79. The molecule has 3 aromatic carbocycles. The Morgan fingerprint density at radius 3 is 1.96 bits per heavy atom. The van der Waals surface area contributed by atoms with Crippen LogP contribution in [0.1, 0.15) is 45.2 Å². The van der Waals surface area contributed by atoms with E-state index in [1.807, 2.05) is 91.9 Å². The molecule has 6 rings (SSSR count). The van der Waals surface area contributed by atoms with Crippen LogP contribution in [0.3, 0.4) is 0 Å². The van der Waals surface area contributed by atoms with Crippen molar-refractivity contribution < 1.29 is 24.2 Å². The Labute approximate surface area is 295 Å². The minimum absolute atomic E-state index is 0.193. The van der Waals surface area contributed by atoms with Crippen molar-refractivity contribution >= 4 is 34.8 Å². The van der Waals surface area contributed by atoms with Gasteiger partial charge in [0.1, 0.15) is 11.6 Å². The number of rotatable bonds is 14. The number of ether oxygens (including phenoxy) is 1. The van der Waals surface area contributed by atoms with Crippen LogP contribution in [-0.2, 0) is 19.1 Å². The number of carbonyl (C=O) groups is 3. The molecule has 0 aromatic heterocycles. The zero-order valence-corrected chi connectivity index (χ0v) is 29.3. The summed E-state index contributed by atoms with van der Waals surface area (Å²) in [5.41, 5.74) is 0.814. The quantitative estimate of drug-likeness (QED) is 0.218. The summed E-state index contributed by atoms with van der Waals surface area (Å²) in [5.74, 6) is -2.75. The van der Waals surface area contributed by atoms with Gasteiger partial charge in [-0.1, -0.05) is 60.7 Å². The zero-order chi connectivity index (χ0) is 35.6. The van der Waals surface area contributed by atoms with Crippen molar-refractivity contribution in [2.75, 3.05) is 47.5 Å². The molecule has 3 aliphatic rings. The average molecular weight is 677 g/mol. The lowest BCUT2D eigenvalue weighted by molar-refractivity contribution is -0.148. The lowest BCUT2D eigenvalue weighted by Crippen LogP contribution is -2.57. The minimum Gasteiger partial charge on any atom is -0.394 e. The molecule has 0 aliphatic carbocycles. The van der Waals surface area contributed by atoms with E-state index in [1.54, 1.807) is 22.0 Å². The van der Waals surface area contributed by atoms with Gasteiger partial charge in [-0.3, -0.25) is 14.4 Å². The molecule has 3 aromatic rings. The third-order valence-electron chi connectivity index (χ3n) is 10.9. The van der Waals surface area contributed by atoms with Gasteiger partial charge >= 0.3 is 0 Å². The number of nitrogens with zero attached hydrogens (tertiary/aromatic N) is 4. The van der Waals surface area contributed by atoms with Gasteiger partial charge in [-0.25, -0.2) is 0 Å². The Morgan fingerprint density at radius 2 is 1.40 bits per heavy atom. The Bertz CT molecular complexity index is 1710. The number of hydrogen-bond donors (Lipinski definition) is 1. The molecule has 1 N–H and O–H groups in total. The molecule has 1 spiro atoms. The van der Waals surface area contributed by atoms with Crippen molar-refractivity contribution in [2.24, 2.45) is 11.8 Å². The van der Waals surface area contributed by atoms with Crippen LogP contribution in [0.5, 0.6) is 0 Å². The van der Waals surface area contributed by atoms with Crippen LogP contribution in [0.4, 0.5) is 17.1 Å². The summed E-state index contributed by atoms with van der Waals surface area (Å²) in [7, 11) is 0. The first kappa shape index (κ1) is 35.1. The lowest BCUT2D eigenvalue weighted by atomic mass is 9.66. The van der Waals surface area contributed by atoms with E-state index in [-0.39, 0.29) is 30.8 Å². The van der Waals surface area contributed by atoms with E-state index >= 15 is 9.59 Å². The normalized spacial score (nSPS) is 25.6. The largest absolute Gasteiger partial charge is 0.394 e. The summed E-state index contributed by atoms with van der Waals surface area (Å²) in [5, 5.41) is 10.9. The number of likely N-dealkylation sites (tertiary alicyclic amines) is 1. The molecule has 2 unspecified atom stereocenters. The summed E-state index contributed by atoms with van der Waals surface area (Å²) < 4.78 is 6.98. The second-order valence-electron chi connectivity index (χ2n) is 13.6. The van der Waals surface area contributed by atoms with Crippen molar-refractivity contribution in [2.45, 2.75) is 56.9 Å². The van der Waals surface area contributed by atoms with Gasteiger partial charge in [0.2, 0.25) is 11.8 Å². The summed E-state index contributed by atoms with van der Waals surface area (Å²) in [6, 6.07) is 24.5. The molecule has 6 atom stereocenters. The van der Waals surface area contributed by atoms with Gasteiger partial charge in [0.15, 0.2) is 0 Å². The number of amides is 3. The monoisotopic (exact) mass is 676 g/mol. The van der Waals surface area contributed by atoms with Crippen LogP contribution in [0.15, 0.2) is 110 Å². The van der Waals surface area contributed by atoms with E-state index in [4.69, 9.17) is 4.74 Å². The van der Waals surface area contributed by atoms with E-state index in [1.165, 1.54) is 4.90 Å². The van der Waals surface area contributed by atoms with Crippen LogP contribution < -0.4 is 14.7 Å². The summed E-state index contributed by atoms with van der Waals surface area (Å²) in [6.07, 6.45) is 4.25. The number of carbonyl (C=O) groups excluding carboxylic acids is 3. The number of fused-ring (bicyclic) bond motifs is 1. The Hall–Kier alpha value is -4.73. The molecular formula is C41H48N4O5. The molecule has 3 aliphatic heterocycles. The number of anilines is 3. The molecular weight excluding hydrogens is 628 g/mol. The second kappa shape index (κ2) is 14.2. The molecule has 9 heteroatoms. The smallest absolute Gasteiger partial charge is 0.253 e. The van der Waals surface area contributed by atoms with Gasteiger partial charge in [-0.05, 0) is 75.6 Å². The maximum atomic E-state index is 15.2. The maximum absolute atomic E-state index is 15.2. The predicted molar refractivity (Wildman–Crippen MR) is 197 cm³/mol. The molecule has 3 heterocycles. The van der Waals surface area contributed by atoms with Gasteiger partial charge in [-0.2, -0.15) is 0 Å². The van der Waals surface area contributed by atoms with Crippen LogP contribution in [0, 0.1) is 11.8 Å². The fraction of sp³-hybridized carbons (Fsp3) is 0.390. The Morgan fingerprint density at radius 1 is 0.860 bits per heavy atom. The van der Waals surface area contributed by atoms with Gasteiger partial charge in [0.05, 0.1) is 30.1 Å². The Kier molecular flexibility index (Phi) is 10.0. The van der Waals surface area contributed by atoms with Gasteiger partial charge in [0.25, 0.3) is 5.91 Å². The van der Waals surface area contributed by atoms with Gasteiger partial charge in [-0.15, -0.1) is 13.2 Å². The molecule has 0 saturated carbocycles. The number of hydrogen-bond acceptors (Lipinski definition) is 6. The molecule has 3 amide bonds. The molecule has 0 radical (unpaired) electrons. The Balaban J connectivity index is 1.47. The summed E-state index contributed by atoms with van der Waals surface area (Å²) >= 11 is 0. The van der Waals surface area contributed by atoms with E-state index in [2.05, 4.69) is 31.9 Å². The third kappa shape index (κ3) is 5.72.